The molecule has 4 rings (SSSR count). The van der Waals surface area contributed by atoms with Crippen molar-refractivity contribution in [3.63, 3.8) is 0 Å². The van der Waals surface area contributed by atoms with Crippen LogP contribution in [0.2, 0.25) is 0 Å². The molecule has 2 heterocycles. The van der Waals surface area contributed by atoms with Gasteiger partial charge < -0.3 is 5.32 Å². The molecule has 0 radical (unpaired) electrons. The lowest BCUT2D eigenvalue weighted by molar-refractivity contribution is -0.119. The summed E-state index contributed by atoms with van der Waals surface area (Å²) in [5.74, 6) is -0.0253. The highest BCUT2D eigenvalue weighted by atomic mass is 32.2. The Morgan fingerprint density at radius 2 is 1.84 bits per heavy atom. The van der Waals surface area contributed by atoms with Crippen LogP contribution >= 0.6 is 11.8 Å². The molecule has 0 aliphatic rings. The lowest BCUT2D eigenvalue weighted by atomic mass is 10.1. The molecule has 1 atom stereocenters. The molecule has 0 saturated heterocycles. The largest absolute Gasteiger partial charge is 0.349 e. The molecular weight excluding hydrogens is 448 g/mol. The molecule has 11 heteroatoms. The summed E-state index contributed by atoms with van der Waals surface area (Å²) in [5, 5.41) is 13.9. The topological polar surface area (TPSA) is 133 Å². The van der Waals surface area contributed by atoms with Crippen LogP contribution in [0.15, 0.2) is 77.0 Å². The van der Waals surface area contributed by atoms with E-state index >= 15 is 0 Å². The number of aromatic nitrogens is 4. The number of para-hydroxylation sites is 1. The second-order valence-electron chi connectivity index (χ2n) is 7.00. The Labute approximate surface area is 189 Å². The van der Waals surface area contributed by atoms with Crippen molar-refractivity contribution in [2.75, 3.05) is 5.75 Å². The smallest absolute Gasteiger partial charge is 0.238 e. The van der Waals surface area contributed by atoms with Gasteiger partial charge in [0.2, 0.25) is 15.9 Å². The van der Waals surface area contributed by atoms with Crippen LogP contribution in [0.3, 0.4) is 0 Å². The molecule has 0 spiro atoms. The molecule has 1 amide bonds. The maximum absolute atomic E-state index is 12.5. The summed E-state index contributed by atoms with van der Waals surface area (Å²) in [4.78, 5) is 21.2. The van der Waals surface area contributed by atoms with E-state index in [2.05, 4.69) is 20.4 Å². The molecule has 0 unspecified atom stereocenters. The third-order valence-corrected chi connectivity index (χ3v) is 6.69. The molecule has 164 valence electrons. The number of nitrogens with two attached hydrogens (primary N) is 1. The molecule has 0 aliphatic carbocycles. The molecule has 9 nitrogen and oxygen atoms in total. The standard InChI is InChI=1S/C21H20N6O3S2/c1-14(15-7-9-17(10-8-15)32(22,29)30)26-19(28)12-31-21-18-11-25-27(20(18)23-13-24-21)16-5-3-2-4-6-16/h2-11,13-14H,12H2,1H3,(H,26,28)(H2,22,29,30)/t14-/m1/s1. The molecule has 3 N–H and O–H groups in total. The first kappa shape index (κ1) is 21.9. The van der Waals surface area contributed by atoms with Crippen LogP contribution in [0.4, 0.5) is 0 Å². The molecule has 0 saturated carbocycles. The van der Waals surface area contributed by atoms with E-state index in [1.165, 1.54) is 30.2 Å². The maximum Gasteiger partial charge on any atom is 0.238 e. The van der Waals surface area contributed by atoms with Gasteiger partial charge in [0.05, 0.1) is 34.0 Å². The van der Waals surface area contributed by atoms with E-state index < -0.39 is 10.0 Å². The minimum atomic E-state index is -3.75. The zero-order chi connectivity index (χ0) is 22.7. The predicted molar refractivity (Wildman–Crippen MR) is 122 cm³/mol. The van der Waals surface area contributed by atoms with Gasteiger partial charge in [-0.05, 0) is 36.8 Å². The van der Waals surface area contributed by atoms with Gasteiger partial charge in [-0.25, -0.2) is 28.2 Å². The van der Waals surface area contributed by atoms with Crippen molar-refractivity contribution in [3.8, 4) is 5.69 Å². The third-order valence-electron chi connectivity index (χ3n) is 4.76. The number of thioether (sulfide) groups is 1. The highest BCUT2D eigenvalue weighted by molar-refractivity contribution is 8.00. The quantitative estimate of drug-likeness (QED) is 0.314. The fourth-order valence-electron chi connectivity index (χ4n) is 3.14. The first-order chi connectivity index (χ1) is 15.3. The van der Waals surface area contributed by atoms with Crippen LogP contribution in [0, 0.1) is 0 Å². The second-order valence-corrected chi connectivity index (χ2v) is 9.53. The molecule has 4 aromatic rings. The van der Waals surface area contributed by atoms with Crippen molar-refractivity contribution >= 4 is 38.7 Å². The molecule has 0 aliphatic heterocycles. The van der Waals surface area contributed by atoms with Gasteiger partial charge >= 0.3 is 0 Å². The van der Waals surface area contributed by atoms with Crippen LogP contribution in [-0.4, -0.2) is 39.8 Å². The van der Waals surface area contributed by atoms with E-state index in [4.69, 9.17) is 5.14 Å². The monoisotopic (exact) mass is 468 g/mol. The zero-order valence-corrected chi connectivity index (χ0v) is 18.7. The number of amides is 1. The average molecular weight is 469 g/mol. The molecule has 2 aromatic carbocycles. The lowest BCUT2D eigenvalue weighted by Crippen LogP contribution is -2.28. The minimum absolute atomic E-state index is 0.0270. The maximum atomic E-state index is 12.5. The molecule has 32 heavy (non-hydrogen) atoms. The van der Waals surface area contributed by atoms with Gasteiger partial charge in [-0.2, -0.15) is 5.10 Å². The number of primary sulfonamides is 1. The van der Waals surface area contributed by atoms with Crippen molar-refractivity contribution < 1.29 is 13.2 Å². The summed E-state index contributed by atoms with van der Waals surface area (Å²) in [6, 6.07) is 15.4. The number of sulfonamides is 1. The van der Waals surface area contributed by atoms with Crippen LogP contribution in [0.1, 0.15) is 18.5 Å². The van der Waals surface area contributed by atoms with Crippen LogP contribution in [-0.2, 0) is 14.8 Å². The second kappa shape index (κ2) is 9.07. The van der Waals surface area contributed by atoms with E-state index in [1.807, 2.05) is 37.3 Å². The highest BCUT2D eigenvalue weighted by Crippen LogP contribution is 2.26. The highest BCUT2D eigenvalue weighted by Gasteiger charge is 2.15. The van der Waals surface area contributed by atoms with Crippen molar-refractivity contribution in [2.45, 2.75) is 22.9 Å². The third kappa shape index (κ3) is 4.79. The van der Waals surface area contributed by atoms with Crippen LogP contribution < -0.4 is 10.5 Å². The number of hydrogen-bond donors (Lipinski definition) is 2. The van der Waals surface area contributed by atoms with E-state index in [-0.39, 0.29) is 22.6 Å². The molecule has 0 fully saturated rings. The zero-order valence-electron chi connectivity index (χ0n) is 17.0. The Morgan fingerprint density at radius 1 is 1.12 bits per heavy atom. The summed E-state index contributed by atoms with van der Waals surface area (Å²) < 4.78 is 24.5. The lowest BCUT2D eigenvalue weighted by Gasteiger charge is -2.14. The number of nitrogens with one attached hydrogen (secondary N) is 1. The Hall–Kier alpha value is -3.28. The molecular formula is C21H20N6O3S2. The summed E-state index contributed by atoms with van der Waals surface area (Å²) in [7, 11) is -3.75. The number of nitrogens with zero attached hydrogens (tertiary/aromatic N) is 4. The summed E-state index contributed by atoms with van der Waals surface area (Å²) in [6.07, 6.45) is 3.15. The SMILES string of the molecule is C[C@@H](NC(=O)CSc1ncnc2c1cnn2-c1ccccc1)c1ccc(S(N)(=O)=O)cc1. The van der Waals surface area contributed by atoms with Crippen molar-refractivity contribution in [2.24, 2.45) is 5.14 Å². The fraction of sp³-hybridized carbons (Fsp3) is 0.143. The summed E-state index contributed by atoms with van der Waals surface area (Å²) >= 11 is 1.30. The number of carbonyl (C=O) groups is 1. The molecule has 2 aromatic heterocycles. The predicted octanol–water partition coefficient (Wildman–Crippen LogP) is 2.43. The number of hydrogen-bond acceptors (Lipinski definition) is 7. The van der Waals surface area contributed by atoms with Gasteiger partial charge in [-0.1, -0.05) is 42.1 Å². The van der Waals surface area contributed by atoms with Gasteiger partial charge in [0.15, 0.2) is 5.65 Å². The summed E-state index contributed by atoms with van der Waals surface area (Å²) in [6.45, 7) is 1.82. The summed E-state index contributed by atoms with van der Waals surface area (Å²) in [5.41, 5.74) is 2.32. The van der Waals surface area contributed by atoms with E-state index in [0.29, 0.717) is 10.7 Å². The van der Waals surface area contributed by atoms with Crippen LogP contribution in [0.5, 0.6) is 0 Å². The first-order valence-corrected chi connectivity index (χ1v) is 12.2. The average Bonchev–Trinajstić information content (AvgIpc) is 3.22. The fourth-order valence-corrected chi connectivity index (χ4v) is 4.43. The van der Waals surface area contributed by atoms with Gasteiger partial charge in [0, 0.05) is 0 Å². The Kier molecular flexibility index (Phi) is 6.21. The van der Waals surface area contributed by atoms with E-state index in [1.54, 1.807) is 23.0 Å². The van der Waals surface area contributed by atoms with Crippen molar-refractivity contribution in [1.82, 2.24) is 25.1 Å². The Morgan fingerprint density at radius 3 is 2.53 bits per heavy atom. The van der Waals surface area contributed by atoms with Crippen molar-refractivity contribution in [1.29, 1.82) is 0 Å². The van der Waals surface area contributed by atoms with Gasteiger partial charge in [-0.15, -0.1) is 0 Å². The Balaban J connectivity index is 1.42. The van der Waals surface area contributed by atoms with Gasteiger partial charge in [0.1, 0.15) is 11.4 Å². The van der Waals surface area contributed by atoms with Gasteiger partial charge in [0.25, 0.3) is 0 Å². The number of rotatable bonds is 7. The molecule has 0 bridgehead atoms. The van der Waals surface area contributed by atoms with Crippen molar-refractivity contribution in [3.05, 3.63) is 72.7 Å². The first-order valence-electron chi connectivity index (χ1n) is 9.62. The normalized spacial score (nSPS) is 12.6. The Bertz CT molecular complexity index is 1360. The van der Waals surface area contributed by atoms with Gasteiger partial charge in [-0.3, -0.25) is 4.79 Å². The van der Waals surface area contributed by atoms with E-state index in [9.17, 15) is 13.2 Å². The number of fused-ring (bicyclic) bond motifs is 1. The minimum Gasteiger partial charge on any atom is -0.349 e. The van der Waals surface area contributed by atoms with E-state index in [0.717, 1.165) is 16.6 Å². The number of carbonyl (C=O) groups excluding carboxylic acids is 1. The van der Waals surface area contributed by atoms with Crippen LogP contribution in [0.25, 0.3) is 16.7 Å². The number of benzene rings is 2.